The molecule has 40 heavy (non-hydrogen) atoms. The van der Waals surface area contributed by atoms with Crippen LogP contribution in [0.15, 0.2) is 35.3 Å². The van der Waals surface area contributed by atoms with Gasteiger partial charge in [-0.05, 0) is 65.7 Å². The van der Waals surface area contributed by atoms with Crippen LogP contribution < -0.4 is 15.8 Å². The molecule has 3 rings (SSSR count). The van der Waals surface area contributed by atoms with Crippen LogP contribution in [0.2, 0.25) is 0 Å². The lowest BCUT2D eigenvalue weighted by molar-refractivity contribution is 0.0207. The van der Waals surface area contributed by atoms with Crippen molar-refractivity contribution in [2.75, 3.05) is 24.1 Å². The molecular weight excluding hydrogens is 520 g/mol. The molecule has 2 amide bonds. The summed E-state index contributed by atoms with van der Waals surface area (Å²) in [6, 6.07) is 7.08. The molecule has 0 unspecified atom stereocenters. The third-order valence-corrected chi connectivity index (χ3v) is 5.57. The Morgan fingerprint density at radius 3 is 2.40 bits per heavy atom. The lowest BCUT2D eigenvalue weighted by Crippen LogP contribution is -2.42. The van der Waals surface area contributed by atoms with Gasteiger partial charge in [-0.1, -0.05) is 19.9 Å². The lowest BCUT2D eigenvalue weighted by atomic mass is 10.0. The van der Waals surface area contributed by atoms with Gasteiger partial charge in [0.05, 0.1) is 17.7 Å². The number of piperidine rings is 1. The second-order valence-electron chi connectivity index (χ2n) is 10.3. The molecule has 0 saturated carbocycles. The fourth-order valence-corrected chi connectivity index (χ4v) is 3.79. The predicted octanol–water partition coefficient (Wildman–Crippen LogP) is 6.49. The molecule has 11 heteroatoms. The zero-order chi connectivity index (χ0) is 30.0. The number of aromatic nitrogens is 1. The van der Waals surface area contributed by atoms with Crippen LogP contribution in [0.4, 0.5) is 25.1 Å². The number of amides is 2. The smallest absolute Gasteiger partial charge is 0.410 e. The van der Waals surface area contributed by atoms with Gasteiger partial charge in [0.15, 0.2) is 0 Å². The number of nitrogen functional groups attached to an aromatic ring is 1. The minimum absolute atomic E-state index is 0.00733. The van der Waals surface area contributed by atoms with E-state index in [0.29, 0.717) is 37.2 Å². The third kappa shape index (κ3) is 9.77. The summed E-state index contributed by atoms with van der Waals surface area (Å²) in [7, 11) is 0. The van der Waals surface area contributed by atoms with Crippen molar-refractivity contribution in [3.63, 3.8) is 0 Å². The number of benzene rings is 1. The summed E-state index contributed by atoms with van der Waals surface area (Å²) in [5.74, 6) is -0.338. The van der Waals surface area contributed by atoms with Crippen LogP contribution in [0.3, 0.4) is 0 Å². The van der Waals surface area contributed by atoms with Crippen molar-refractivity contribution in [1.29, 1.82) is 0 Å². The van der Waals surface area contributed by atoms with Gasteiger partial charge in [0, 0.05) is 36.6 Å². The molecule has 0 radical (unpaired) electrons. The van der Waals surface area contributed by atoms with Gasteiger partial charge < -0.3 is 25.4 Å². The summed E-state index contributed by atoms with van der Waals surface area (Å²) in [6.45, 7) is 14.1. The monoisotopic (exact) mass is 561 g/mol. The number of rotatable bonds is 7. The number of hydrogen-bond acceptors (Lipinski definition) is 7. The number of likely N-dealkylation sites (tertiary alicyclic amines) is 1. The summed E-state index contributed by atoms with van der Waals surface area (Å²) in [5.41, 5.74) is 6.28. The van der Waals surface area contributed by atoms with Crippen LogP contribution in [0.5, 0.6) is 5.75 Å². The zero-order valence-corrected chi connectivity index (χ0v) is 24.3. The molecule has 1 fully saturated rings. The number of nitrogens with zero attached hydrogens (tertiary/aromatic N) is 3. The molecule has 1 aliphatic rings. The topological polar surface area (TPSA) is 119 Å². The van der Waals surface area contributed by atoms with Crippen molar-refractivity contribution in [3.05, 3.63) is 47.2 Å². The highest BCUT2D eigenvalue weighted by molar-refractivity contribution is 6.07. The minimum atomic E-state index is -2.76. The summed E-state index contributed by atoms with van der Waals surface area (Å²) in [6.07, 6.45) is -0.422. The molecule has 1 saturated heterocycles. The fraction of sp³-hybridized carbons (Fsp3) is 0.517. The highest BCUT2D eigenvalue weighted by atomic mass is 19.3. The predicted molar refractivity (Wildman–Crippen MR) is 154 cm³/mol. The van der Waals surface area contributed by atoms with E-state index >= 15 is 0 Å². The maximum atomic E-state index is 13.1. The van der Waals surface area contributed by atoms with Gasteiger partial charge in [-0.25, -0.2) is 18.6 Å². The average Bonchev–Trinajstić information content (AvgIpc) is 2.88. The molecule has 1 aliphatic heterocycles. The third-order valence-electron chi connectivity index (χ3n) is 5.57. The van der Waals surface area contributed by atoms with E-state index in [1.165, 1.54) is 18.2 Å². The van der Waals surface area contributed by atoms with Crippen LogP contribution in [-0.4, -0.2) is 58.9 Å². The molecule has 3 N–H and O–H groups in total. The number of halogens is 2. The fourth-order valence-electron chi connectivity index (χ4n) is 3.79. The first-order chi connectivity index (χ1) is 18.8. The molecule has 0 spiro atoms. The molecular formula is C29H41F2N5O4. The number of hydrogen-bond donors (Lipinski definition) is 2. The van der Waals surface area contributed by atoms with Crippen molar-refractivity contribution >= 4 is 29.7 Å². The molecule has 220 valence electrons. The summed E-state index contributed by atoms with van der Waals surface area (Å²) >= 11 is 0. The van der Waals surface area contributed by atoms with Crippen molar-refractivity contribution in [2.24, 2.45) is 4.99 Å². The molecule has 1 aromatic carbocycles. The number of anilines is 2. The van der Waals surface area contributed by atoms with E-state index in [-0.39, 0.29) is 35.4 Å². The Kier molecular flexibility index (Phi) is 11.8. The maximum Gasteiger partial charge on any atom is 0.410 e. The van der Waals surface area contributed by atoms with Gasteiger partial charge >= 0.3 is 6.09 Å². The van der Waals surface area contributed by atoms with Crippen LogP contribution in [-0.2, 0) is 4.74 Å². The number of nitrogens with one attached hydrogen (secondary N) is 1. The molecule has 9 nitrogen and oxygen atoms in total. The van der Waals surface area contributed by atoms with E-state index in [1.807, 2.05) is 48.5 Å². The first kappa shape index (κ1) is 32.5. The van der Waals surface area contributed by atoms with Crippen LogP contribution in [0.25, 0.3) is 0 Å². The Balaban J connectivity index is 0.00000274. The van der Waals surface area contributed by atoms with Crippen molar-refractivity contribution in [1.82, 2.24) is 9.88 Å². The molecule has 2 heterocycles. The Morgan fingerprint density at radius 1 is 1.18 bits per heavy atom. The SMILES string of the molecule is CC.CC(C)Oc1cc(N)c(C=NC2CCN(C(=O)OC(C)(C)C)CC2)cc1C(=O)Nc1cccc(C(F)F)n1. The molecule has 0 atom stereocenters. The van der Waals surface area contributed by atoms with Crippen LogP contribution >= 0.6 is 0 Å². The average molecular weight is 562 g/mol. The van der Waals surface area contributed by atoms with Gasteiger partial charge in [-0.15, -0.1) is 0 Å². The zero-order valence-electron chi connectivity index (χ0n) is 24.3. The first-order valence-corrected chi connectivity index (χ1v) is 13.5. The summed E-state index contributed by atoms with van der Waals surface area (Å²) in [5, 5.41) is 2.55. The second kappa shape index (κ2) is 14.6. The number of aliphatic imine (C=N–C) groups is 1. The molecule has 0 bridgehead atoms. The number of nitrogens with two attached hydrogens (primary N) is 1. The van der Waals surface area contributed by atoms with Gasteiger partial charge in [0.2, 0.25) is 0 Å². The Bertz CT molecular complexity index is 1170. The number of carbonyl (C=O) groups excluding carboxylic acids is 2. The number of ether oxygens (including phenoxy) is 2. The standard InChI is InChI=1S/C27H35F2N5O4.C2H6/c1-16(2)37-22-14-20(30)17(13-19(22)25(35)33-23-8-6-7-21(32-23)24(28)29)15-31-18-9-11-34(12-10-18)26(36)38-27(3,4)5;1-2/h6-8,13-16,18,24H,9-12,30H2,1-5H3,(H,32,33,35);1-2H3. The van der Waals surface area contributed by atoms with Crippen molar-refractivity contribution in [3.8, 4) is 5.75 Å². The van der Waals surface area contributed by atoms with Gasteiger partial charge in [-0.3, -0.25) is 9.79 Å². The highest BCUT2D eigenvalue weighted by Crippen LogP contribution is 2.28. The van der Waals surface area contributed by atoms with E-state index in [1.54, 1.807) is 23.2 Å². The Morgan fingerprint density at radius 2 is 1.82 bits per heavy atom. The quantitative estimate of drug-likeness (QED) is 0.295. The number of alkyl halides is 2. The van der Waals surface area contributed by atoms with Crippen LogP contribution in [0.1, 0.15) is 89.3 Å². The first-order valence-electron chi connectivity index (χ1n) is 13.5. The normalized spacial score (nSPS) is 14.2. The summed E-state index contributed by atoms with van der Waals surface area (Å²) in [4.78, 5) is 35.5. The molecule has 1 aromatic heterocycles. The lowest BCUT2D eigenvalue weighted by Gasteiger charge is -2.32. The van der Waals surface area contributed by atoms with Gasteiger partial charge in [0.25, 0.3) is 12.3 Å². The van der Waals surface area contributed by atoms with E-state index < -0.39 is 23.6 Å². The highest BCUT2D eigenvalue weighted by Gasteiger charge is 2.26. The summed E-state index contributed by atoms with van der Waals surface area (Å²) < 4.78 is 37.3. The van der Waals surface area contributed by atoms with E-state index in [0.717, 1.165) is 0 Å². The number of pyridine rings is 1. The van der Waals surface area contributed by atoms with E-state index in [2.05, 4.69) is 15.3 Å². The van der Waals surface area contributed by atoms with E-state index in [4.69, 9.17) is 15.2 Å². The van der Waals surface area contributed by atoms with Gasteiger partial charge in [0.1, 0.15) is 22.9 Å². The van der Waals surface area contributed by atoms with Crippen LogP contribution in [0, 0.1) is 0 Å². The van der Waals surface area contributed by atoms with Gasteiger partial charge in [-0.2, -0.15) is 0 Å². The second-order valence-corrected chi connectivity index (χ2v) is 10.3. The van der Waals surface area contributed by atoms with Crippen molar-refractivity contribution < 1.29 is 27.8 Å². The molecule has 2 aromatic rings. The van der Waals surface area contributed by atoms with E-state index in [9.17, 15) is 18.4 Å². The van der Waals surface area contributed by atoms with Crippen molar-refractivity contribution in [2.45, 2.75) is 85.5 Å². The minimum Gasteiger partial charge on any atom is -0.490 e. The Labute approximate surface area is 235 Å². The maximum absolute atomic E-state index is 13.1. The number of carbonyl (C=O) groups is 2. The Hall–Kier alpha value is -3.76. The molecule has 0 aliphatic carbocycles. The largest absolute Gasteiger partial charge is 0.490 e.